The van der Waals surface area contributed by atoms with Crippen LogP contribution >= 0.6 is 62.8 Å². The molecule has 0 amide bonds. The SMILES string of the molecule is CCNC(=NCc1ccc(Br)cc1)NCC(O)c1ccc(Cl)s1.I. The van der Waals surface area contributed by atoms with Gasteiger partial charge in [0.15, 0.2) is 5.96 Å². The molecule has 8 heteroatoms. The molecule has 1 heterocycles. The Morgan fingerprint density at radius 3 is 2.54 bits per heavy atom. The van der Waals surface area contributed by atoms with Crippen LogP contribution in [-0.2, 0) is 6.54 Å². The number of halogens is 3. The van der Waals surface area contributed by atoms with Gasteiger partial charge in [0.1, 0.15) is 6.10 Å². The summed E-state index contributed by atoms with van der Waals surface area (Å²) in [7, 11) is 0. The van der Waals surface area contributed by atoms with Crippen molar-refractivity contribution in [2.45, 2.75) is 19.6 Å². The summed E-state index contributed by atoms with van der Waals surface area (Å²) in [5, 5.41) is 16.5. The highest BCUT2D eigenvalue weighted by atomic mass is 127. The molecule has 1 aromatic carbocycles. The van der Waals surface area contributed by atoms with Gasteiger partial charge in [-0.2, -0.15) is 0 Å². The largest absolute Gasteiger partial charge is 0.386 e. The summed E-state index contributed by atoms with van der Waals surface area (Å²) in [4.78, 5) is 5.37. The third-order valence-electron chi connectivity index (χ3n) is 3.06. The minimum atomic E-state index is -0.607. The molecule has 1 aromatic heterocycles. The molecule has 0 aliphatic carbocycles. The summed E-state index contributed by atoms with van der Waals surface area (Å²) in [6, 6.07) is 11.7. The molecule has 2 aromatic rings. The van der Waals surface area contributed by atoms with Gasteiger partial charge in [0.05, 0.1) is 10.9 Å². The zero-order valence-corrected chi connectivity index (χ0v) is 18.6. The van der Waals surface area contributed by atoms with E-state index in [9.17, 15) is 5.11 Å². The molecule has 3 N–H and O–H groups in total. The van der Waals surface area contributed by atoms with E-state index in [1.807, 2.05) is 37.3 Å². The molecule has 4 nitrogen and oxygen atoms in total. The molecule has 2 rings (SSSR count). The van der Waals surface area contributed by atoms with Gasteiger partial charge in [-0.1, -0.05) is 39.7 Å². The monoisotopic (exact) mass is 543 g/mol. The molecule has 0 aliphatic heterocycles. The summed E-state index contributed by atoms with van der Waals surface area (Å²) in [5.41, 5.74) is 1.12. The molecule has 1 unspecified atom stereocenters. The maximum Gasteiger partial charge on any atom is 0.191 e. The molecule has 0 saturated carbocycles. The van der Waals surface area contributed by atoms with Crippen molar-refractivity contribution in [3.8, 4) is 0 Å². The summed E-state index contributed by atoms with van der Waals surface area (Å²) in [5.74, 6) is 0.678. The quantitative estimate of drug-likeness (QED) is 0.284. The molecule has 0 bridgehead atoms. The minimum absolute atomic E-state index is 0. The number of guanidine groups is 1. The van der Waals surface area contributed by atoms with E-state index < -0.39 is 6.10 Å². The molecule has 0 aliphatic rings. The number of aliphatic imine (C=N–C) groups is 1. The van der Waals surface area contributed by atoms with Gasteiger partial charge in [-0.25, -0.2) is 4.99 Å². The summed E-state index contributed by atoms with van der Waals surface area (Å²) >= 11 is 10.7. The van der Waals surface area contributed by atoms with Crippen molar-refractivity contribution in [2.24, 2.45) is 4.99 Å². The van der Waals surface area contributed by atoms with Gasteiger partial charge < -0.3 is 15.7 Å². The van der Waals surface area contributed by atoms with Crippen molar-refractivity contribution < 1.29 is 5.11 Å². The third-order valence-corrected chi connectivity index (χ3v) is 4.92. The van der Waals surface area contributed by atoms with E-state index in [4.69, 9.17) is 11.6 Å². The molecule has 1 atom stereocenters. The maximum absolute atomic E-state index is 10.2. The Kier molecular flexibility index (Phi) is 10.2. The first-order chi connectivity index (χ1) is 11.1. The average molecular weight is 545 g/mol. The van der Waals surface area contributed by atoms with Crippen LogP contribution in [0.15, 0.2) is 45.9 Å². The van der Waals surface area contributed by atoms with Crippen LogP contribution in [0.3, 0.4) is 0 Å². The van der Waals surface area contributed by atoms with Gasteiger partial charge in [-0.15, -0.1) is 35.3 Å². The fraction of sp³-hybridized carbons (Fsp3) is 0.312. The fourth-order valence-electron chi connectivity index (χ4n) is 1.90. The van der Waals surface area contributed by atoms with Crippen LogP contribution < -0.4 is 10.6 Å². The van der Waals surface area contributed by atoms with Crippen LogP contribution in [0.5, 0.6) is 0 Å². The summed E-state index contributed by atoms with van der Waals surface area (Å²) in [6.45, 7) is 3.71. The van der Waals surface area contributed by atoms with Gasteiger partial charge in [-0.05, 0) is 36.8 Å². The first-order valence-corrected chi connectivity index (χ1v) is 9.27. The van der Waals surface area contributed by atoms with Crippen molar-refractivity contribution in [2.75, 3.05) is 13.1 Å². The lowest BCUT2D eigenvalue weighted by Gasteiger charge is -2.14. The highest BCUT2D eigenvalue weighted by Gasteiger charge is 2.10. The summed E-state index contributed by atoms with van der Waals surface area (Å²) in [6.07, 6.45) is -0.607. The van der Waals surface area contributed by atoms with E-state index in [-0.39, 0.29) is 24.0 Å². The zero-order chi connectivity index (χ0) is 16.7. The van der Waals surface area contributed by atoms with Gasteiger partial charge >= 0.3 is 0 Å². The second kappa shape index (κ2) is 11.3. The number of aliphatic hydroxyl groups is 1. The third kappa shape index (κ3) is 7.26. The normalized spacial score (nSPS) is 12.4. The Bertz CT molecular complexity index is 651. The van der Waals surface area contributed by atoms with Crippen LogP contribution in [0.2, 0.25) is 4.34 Å². The molecular formula is C16H20BrClIN3OS. The van der Waals surface area contributed by atoms with E-state index in [0.717, 1.165) is 21.5 Å². The van der Waals surface area contributed by atoms with Crippen LogP contribution in [0.1, 0.15) is 23.5 Å². The van der Waals surface area contributed by atoms with Crippen LogP contribution in [0.4, 0.5) is 0 Å². The molecular weight excluding hydrogens is 525 g/mol. The van der Waals surface area contributed by atoms with Gasteiger partial charge in [-0.3, -0.25) is 0 Å². The van der Waals surface area contributed by atoms with Gasteiger partial charge in [0.25, 0.3) is 0 Å². The lowest BCUT2D eigenvalue weighted by atomic mass is 10.2. The highest BCUT2D eigenvalue weighted by Crippen LogP contribution is 2.26. The maximum atomic E-state index is 10.2. The van der Waals surface area contributed by atoms with E-state index in [1.54, 1.807) is 6.07 Å². The number of hydrogen-bond acceptors (Lipinski definition) is 3. The number of nitrogens with zero attached hydrogens (tertiary/aromatic N) is 1. The van der Waals surface area contributed by atoms with Crippen molar-refractivity contribution >= 4 is 68.8 Å². The predicted molar refractivity (Wildman–Crippen MR) is 117 cm³/mol. The van der Waals surface area contributed by atoms with Gasteiger partial charge in [0, 0.05) is 22.4 Å². The number of rotatable bonds is 6. The van der Waals surface area contributed by atoms with Crippen LogP contribution in [0.25, 0.3) is 0 Å². The number of benzene rings is 1. The molecule has 0 fully saturated rings. The minimum Gasteiger partial charge on any atom is -0.386 e. The molecule has 0 spiro atoms. The smallest absolute Gasteiger partial charge is 0.191 e. The Hall–Kier alpha value is -0.350. The lowest BCUT2D eigenvalue weighted by Crippen LogP contribution is -2.39. The van der Waals surface area contributed by atoms with Crippen LogP contribution in [0, 0.1) is 0 Å². The van der Waals surface area contributed by atoms with Crippen molar-refractivity contribution in [3.05, 3.63) is 55.6 Å². The number of nitrogens with one attached hydrogen (secondary N) is 2. The van der Waals surface area contributed by atoms with E-state index >= 15 is 0 Å². The van der Waals surface area contributed by atoms with Crippen molar-refractivity contribution in [1.29, 1.82) is 0 Å². The number of aliphatic hydroxyl groups excluding tert-OH is 1. The topological polar surface area (TPSA) is 56.7 Å². The standard InChI is InChI=1S/C16H19BrClN3OS.HI/c1-2-19-16(20-9-11-3-5-12(17)6-4-11)21-10-13(22)14-7-8-15(18)23-14;/h3-8,13,22H,2,9-10H2,1H3,(H2,19,20,21);1H. The zero-order valence-electron chi connectivity index (χ0n) is 13.1. The predicted octanol–water partition coefficient (Wildman–Crippen LogP) is 4.57. The fourth-order valence-corrected chi connectivity index (χ4v) is 3.21. The van der Waals surface area contributed by atoms with Crippen LogP contribution in [-0.4, -0.2) is 24.2 Å². The Labute approximate surface area is 176 Å². The lowest BCUT2D eigenvalue weighted by molar-refractivity contribution is 0.184. The van der Waals surface area contributed by atoms with Crippen molar-refractivity contribution in [1.82, 2.24) is 10.6 Å². The Balaban J connectivity index is 0.00000288. The van der Waals surface area contributed by atoms with Gasteiger partial charge in [0.2, 0.25) is 0 Å². The second-order valence-electron chi connectivity index (χ2n) is 4.86. The highest BCUT2D eigenvalue weighted by molar-refractivity contribution is 14.0. The molecule has 0 saturated heterocycles. The molecule has 132 valence electrons. The molecule has 0 radical (unpaired) electrons. The Morgan fingerprint density at radius 1 is 1.25 bits per heavy atom. The van der Waals surface area contributed by atoms with E-state index in [1.165, 1.54) is 11.3 Å². The number of hydrogen-bond donors (Lipinski definition) is 3. The van der Waals surface area contributed by atoms with E-state index in [2.05, 4.69) is 31.6 Å². The molecule has 24 heavy (non-hydrogen) atoms. The average Bonchev–Trinajstić information content (AvgIpc) is 2.98. The first-order valence-electron chi connectivity index (χ1n) is 7.28. The second-order valence-corrected chi connectivity index (χ2v) is 7.52. The van der Waals surface area contributed by atoms with E-state index in [0.29, 0.717) is 23.4 Å². The van der Waals surface area contributed by atoms with Crippen molar-refractivity contribution in [3.63, 3.8) is 0 Å². The first kappa shape index (κ1) is 21.7. The Morgan fingerprint density at radius 2 is 1.96 bits per heavy atom. The number of thiophene rings is 1. The summed E-state index contributed by atoms with van der Waals surface area (Å²) < 4.78 is 1.72.